The number of ether oxygens (including phenoxy) is 2. The molecule has 2 fully saturated rings. The molecule has 6 nitrogen and oxygen atoms in total. The highest BCUT2D eigenvalue weighted by molar-refractivity contribution is 7.89. The molecule has 0 N–H and O–H groups in total. The predicted molar refractivity (Wildman–Crippen MR) is 97.3 cm³/mol. The van der Waals surface area contributed by atoms with Gasteiger partial charge < -0.3 is 9.47 Å². The molecule has 1 aromatic carbocycles. The lowest BCUT2D eigenvalue weighted by Crippen LogP contribution is -2.52. The minimum atomic E-state index is -3.30. The highest BCUT2D eigenvalue weighted by Gasteiger charge is 2.33. The van der Waals surface area contributed by atoms with Crippen LogP contribution in [0.2, 0.25) is 0 Å². The molecule has 3 rings (SSSR count). The maximum atomic E-state index is 12.8. The zero-order valence-corrected chi connectivity index (χ0v) is 15.5. The Balaban J connectivity index is 1.55. The van der Waals surface area contributed by atoms with Gasteiger partial charge in [-0.2, -0.15) is 4.31 Å². The molecule has 0 aliphatic carbocycles. The predicted octanol–water partition coefficient (Wildman–Crippen LogP) is 1.58. The number of para-hydroxylation sites is 1. The molecule has 1 unspecified atom stereocenters. The summed E-state index contributed by atoms with van der Waals surface area (Å²) in [7, 11) is -3.30. The number of sulfonamides is 1. The van der Waals surface area contributed by atoms with Crippen LogP contribution in [0.1, 0.15) is 19.3 Å². The van der Waals surface area contributed by atoms with Crippen molar-refractivity contribution in [3.63, 3.8) is 0 Å². The highest BCUT2D eigenvalue weighted by atomic mass is 32.2. The van der Waals surface area contributed by atoms with E-state index in [1.165, 1.54) is 0 Å². The van der Waals surface area contributed by atoms with Crippen LogP contribution < -0.4 is 4.74 Å². The lowest BCUT2D eigenvalue weighted by Gasteiger charge is -2.38. The lowest BCUT2D eigenvalue weighted by atomic mass is 10.0. The number of piperidine rings is 1. The smallest absolute Gasteiger partial charge is 0.217 e. The summed E-state index contributed by atoms with van der Waals surface area (Å²) in [5.74, 6) is 0.739. The van der Waals surface area contributed by atoms with Gasteiger partial charge >= 0.3 is 0 Å². The molecule has 1 atom stereocenters. The number of rotatable bonds is 7. The van der Waals surface area contributed by atoms with Crippen molar-refractivity contribution in [3.8, 4) is 5.75 Å². The Labute approximate surface area is 150 Å². The second kappa shape index (κ2) is 8.98. The summed E-state index contributed by atoms with van der Waals surface area (Å²) in [6, 6.07) is 9.44. The van der Waals surface area contributed by atoms with Crippen molar-refractivity contribution >= 4 is 10.0 Å². The van der Waals surface area contributed by atoms with Crippen LogP contribution in [0.25, 0.3) is 0 Å². The van der Waals surface area contributed by atoms with Crippen LogP contribution >= 0.6 is 0 Å². The van der Waals surface area contributed by atoms with Crippen molar-refractivity contribution < 1.29 is 17.9 Å². The van der Waals surface area contributed by atoms with E-state index in [1.54, 1.807) is 4.31 Å². The summed E-state index contributed by atoms with van der Waals surface area (Å²) in [6.45, 7) is 4.88. The molecule has 2 heterocycles. The molecule has 0 saturated carbocycles. The van der Waals surface area contributed by atoms with Crippen molar-refractivity contribution in [1.82, 2.24) is 9.21 Å². The van der Waals surface area contributed by atoms with E-state index in [4.69, 9.17) is 9.47 Å². The van der Waals surface area contributed by atoms with E-state index in [2.05, 4.69) is 4.90 Å². The van der Waals surface area contributed by atoms with Crippen molar-refractivity contribution in [2.75, 3.05) is 51.8 Å². The fourth-order valence-electron chi connectivity index (χ4n) is 3.50. The molecule has 2 aliphatic rings. The Hall–Kier alpha value is -1.15. The maximum absolute atomic E-state index is 12.8. The van der Waals surface area contributed by atoms with Gasteiger partial charge in [0.15, 0.2) is 0 Å². The average molecular weight is 368 g/mol. The van der Waals surface area contributed by atoms with Gasteiger partial charge in [0.1, 0.15) is 12.4 Å². The molecule has 140 valence electrons. The molecule has 2 aliphatic heterocycles. The van der Waals surface area contributed by atoms with Crippen LogP contribution in [0.15, 0.2) is 30.3 Å². The third-order valence-electron chi connectivity index (χ3n) is 4.86. The van der Waals surface area contributed by atoms with Crippen LogP contribution in [-0.2, 0) is 14.8 Å². The average Bonchev–Trinajstić information content (AvgIpc) is 2.64. The zero-order valence-electron chi connectivity index (χ0n) is 14.7. The molecule has 0 radical (unpaired) electrons. The SMILES string of the molecule is O=S(=O)(CCOc1ccccc1)N1CCCCC1CN1CCOCC1. The second-order valence-corrected chi connectivity index (χ2v) is 8.69. The van der Waals surface area contributed by atoms with Gasteiger partial charge in [0.2, 0.25) is 10.0 Å². The largest absolute Gasteiger partial charge is 0.492 e. The summed E-state index contributed by atoms with van der Waals surface area (Å²) >= 11 is 0. The van der Waals surface area contributed by atoms with E-state index in [1.807, 2.05) is 30.3 Å². The molecule has 2 saturated heterocycles. The molecule has 0 amide bonds. The minimum absolute atomic E-state index is 0.0293. The van der Waals surface area contributed by atoms with Gasteiger partial charge in [-0.3, -0.25) is 4.90 Å². The Bertz CT molecular complexity index is 617. The Morgan fingerprint density at radius 2 is 1.84 bits per heavy atom. The van der Waals surface area contributed by atoms with E-state index in [9.17, 15) is 8.42 Å². The molecule has 0 aromatic heterocycles. The third-order valence-corrected chi connectivity index (χ3v) is 6.73. The van der Waals surface area contributed by atoms with Crippen LogP contribution in [0.5, 0.6) is 5.75 Å². The van der Waals surface area contributed by atoms with Gasteiger partial charge in [0, 0.05) is 32.2 Å². The zero-order chi connectivity index (χ0) is 17.5. The molecule has 0 spiro atoms. The topological polar surface area (TPSA) is 59.1 Å². The van der Waals surface area contributed by atoms with Gasteiger partial charge in [-0.05, 0) is 25.0 Å². The first-order chi connectivity index (χ1) is 12.1. The van der Waals surface area contributed by atoms with Crippen LogP contribution in [-0.4, -0.2) is 75.4 Å². The molecule has 7 heteroatoms. The first-order valence-corrected chi connectivity index (χ1v) is 10.7. The van der Waals surface area contributed by atoms with Gasteiger partial charge in [-0.15, -0.1) is 0 Å². The Morgan fingerprint density at radius 1 is 1.08 bits per heavy atom. The van der Waals surface area contributed by atoms with Crippen molar-refractivity contribution in [3.05, 3.63) is 30.3 Å². The number of benzene rings is 1. The summed E-state index contributed by atoms with van der Waals surface area (Å²) in [5.41, 5.74) is 0. The van der Waals surface area contributed by atoms with E-state index in [0.717, 1.165) is 52.1 Å². The van der Waals surface area contributed by atoms with Crippen molar-refractivity contribution in [1.29, 1.82) is 0 Å². The quantitative estimate of drug-likeness (QED) is 0.731. The summed E-state index contributed by atoms with van der Waals surface area (Å²) in [5, 5.41) is 0. The summed E-state index contributed by atoms with van der Waals surface area (Å²) < 4.78 is 38.4. The van der Waals surface area contributed by atoms with Gasteiger partial charge in [0.25, 0.3) is 0 Å². The molecule has 0 bridgehead atoms. The van der Waals surface area contributed by atoms with E-state index >= 15 is 0 Å². The highest BCUT2D eigenvalue weighted by Crippen LogP contribution is 2.22. The van der Waals surface area contributed by atoms with Crippen LogP contribution in [0.3, 0.4) is 0 Å². The molecular weight excluding hydrogens is 340 g/mol. The Kier molecular flexibility index (Phi) is 6.70. The fourth-order valence-corrected chi connectivity index (χ4v) is 5.07. The summed E-state index contributed by atoms with van der Waals surface area (Å²) in [6.07, 6.45) is 2.98. The standard InChI is InChI=1S/C18H28N2O4S/c21-25(22,15-14-24-18-7-2-1-3-8-18)20-9-5-4-6-17(20)16-19-10-12-23-13-11-19/h1-3,7-8,17H,4-6,9-16H2. The number of hydrogen-bond donors (Lipinski definition) is 0. The first kappa shape index (κ1) is 18.6. The molecular formula is C18H28N2O4S. The number of morpholine rings is 1. The normalized spacial score (nSPS) is 23.4. The van der Waals surface area contributed by atoms with Crippen molar-refractivity contribution in [2.24, 2.45) is 0 Å². The van der Waals surface area contributed by atoms with Gasteiger partial charge in [0.05, 0.1) is 19.0 Å². The maximum Gasteiger partial charge on any atom is 0.217 e. The van der Waals surface area contributed by atoms with E-state index in [-0.39, 0.29) is 18.4 Å². The monoisotopic (exact) mass is 368 g/mol. The van der Waals surface area contributed by atoms with E-state index < -0.39 is 10.0 Å². The number of nitrogens with zero attached hydrogens (tertiary/aromatic N) is 2. The first-order valence-electron chi connectivity index (χ1n) is 9.13. The van der Waals surface area contributed by atoms with E-state index in [0.29, 0.717) is 12.3 Å². The third kappa shape index (κ3) is 5.41. The second-order valence-electron chi connectivity index (χ2n) is 6.65. The molecule has 25 heavy (non-hydrogen) atoms. The fraction of sp³-hybridized carbons (Fsp3) is 0.667. The van der Waals surface area contributed by atoms with Gasteiger partial charge in [-0.25, -0.2) is 8.42 Å². The van der Waals surface area contributed by atoms with Crippen molar-refractivity contribution in [2.45, 2.75) is 25.3 Å². The summed E-state index contributed by atoms with van der Waals surface area (Å²) in [4.78, 5) is 2.32. The minimum Gasteiger partial charge on any atom is -0.492 e. The molecule has 1 aromatic rings. The Morgan fingerprint density at radius 3 is 2.60 bits per heavy atom. The number of hydrogen-bond acceptors (Lipinski definition) is 5. The lowest BCUT2D eigenvalue weighted by molar-refractivity contribution is 0.0262. The van der Waals surface area contributed by atoms with Gasteiger partial charge in [-0.1, -0.05) is 24.6 Å². The van der Waals surface area contributed by atoms with Crippen LogP contribution in [0, 0.1) is 0 Å². The van der Waals surface area contributed by atoms with Crippen LogP contribution in [0.4, 0.5) is 0 Å².